The van der Waals surface area contributed by atoms with Gasteiger partial charge in [-0.3, -0.25) is 28.8 Å². The number of hydrogen-bond donors (Lipinski definition) is 8. The van der Waals surface area contributed by atoms with Gasteiger partial charge < -0.3 is 43.4 Å². The van der Waals surface area contributed by atoms with Crippen LogP contribution in [0.15, 0.2) is 0 Å². The molecule has 0 aliphatic carbocycles. The van der Waals surface area contributed by atoms with Gasteiger partial charge in [-0.25, -0.2) is 0 Å². The van der Waals surface area contributed by atoms with Crippen LogP contribution < -0.4 is 33.2 Å². The van der Waals surface area contributed by atoms with Crippen molar-refractivity contribution in [1.29, 1.82) is 0 Å². The van der Waals surface area contributed by atoms with E-state index in [4.69, 9.17) is 27.4 Å². The Morgan fingerprint density at radius 1 is 0.806 bits per heavy atom. The van der Waals surface area contributed by atoms with E-state index in [1.54, 1.807) is 0 Å². The summed E-state index contributed by atoms with van der Waals surface area (Å²) in [4.78, 5) is 69.5. The van der Waals surface area contributed by atoms with Crippen molar-refractivity contribution >= 4 is 35.6 Å². The summed E-state index contributed by atoms with van der Waals surface area (Å²) < 4.78 is 0. The van der Waals surface area contributed by atoms with E-state index in [2.05, 4.69) is 16.0 Å². The number of primary amides is 1. The number of hydrogen-bond acceptors (Lipinski definition) is 8. The molecule has 0 aromatic carbocycles. The first-order valence-corrected chi connectivity index (χ1v) is 9.53. The predicted molar refractivity (Wildman–Crippen MR) is 106 cm³/mol. The fraction of sp³-hybridized carbons (Fsp3) is 0.647. The second-order valence-electron chi connectivity index (χ2n) is 6.73. The molecule has 3 atom stereocenters. The van der Waals surface area contributed by atoms with Gasteiger partial charge in [-0.1, -0.05) is 0 Å². The van der Waals surface area contributed by atoms with Crippen LogP contribution in [0, 0.1) is 0 Å². The number of carbonyl (C=O) groups is 6. The lowest BCUT2D eigenvalue weighted by Crippen LogP contribution is -2.56. The van der Waals surface area contributed by atoms with Crippen LogP contribution in [0.4, 0.5) is 0 Å². The zero-order valence-corrected chi connectivity index (χ0v) is 17.0. The van der Waals surface area contributed by atoms with Crippen LogP contribution in [0.3, 0.4) is 0 Å². The van der Waals surface area contributed by atoms with Crippen molar-refractivity contribution in [3.63, 3.8) is 0 Å². The van der Waals surface area contributed by atoms with Crippen molar-refractivity contribution in [2.75, 3.05) is 13.1 Å². The molecule has 0 fully saturated rings. The number of carboxylic acid groups (broad SMARTS) is 2. The van der Waals surface area contributed by atoms with Crippen LogP contribution in [-0.2, 0) is 28.8 Å². The second-order valence-corrected chi connectivity index (χ2v) is 6.73. The van der Waals surface area contributed by atoms with Gasteiger partial charge in [0.25, 0.3) is 0 Å². The van der Waals surface area contributed by atoms with Crippen molar-refractivity contribution in [1.82, 2.24) is 16.0 Å². The minimum atomic E-state index is -1.37. The number of carboxylic acids is 2. The highest BCUT2D eigenvalue weighted by atomic mass is 16.4. The molecule has 0 aromatic heterocycles. The zero-order valence-electron chi connectivity index (χ0n) is 17.0. The molecule has 0 radical (unpaired) electrons. The molecule has 0 spiro atoms. The molecule has 0 aliphatic heterocycles. The van der Waals surface area contributed by atoms with E-state index in [9.17, 15) is 28.8 Å². The summed E-state index contributed by atoms with van der Waals surface area (Å²) in [5, 5.41) is 24.4. The van der Waals surface area contributed by atoms with Crippen molar-refractivity contribution < 1.29 is 39.0 Å². The molecule has 14 nitrogen and oxygen atoms in total. The molecule has 3 unspecified atom stereocenters. The molecule has 0 heterocycles. The van der Waals surface area contributed by atoms with Crippen LogP contribution in [0.2, 0.25) is 0 Å². The summed E-state index contributed by atoms with van der Waals surface area (Å²) in [6, 6.07) is -3.86. The number of unbranched alkanes of at least 4 members (excludes halogenated alkanes) is 1. The van der Waals surface area contributed by atoms with Gasteiger partial charge in [0.05, 0.1) is 12.5 Å². The Labute approximate surface area is 178 Å². The summed E-state index contributed by atoms with van der Waals surface area (Å²) in [6.07, 6.45) is -0.167. The van der Waals surface area contributed by atoms with Crippen LogP contribution in [-0.4, -0.2) is 77.0 Å². The second kappa shape index (κ2) is 14.7. The number of nitrogens with two attached hydrogens (primary N) is 3. The average molecular weight is 446 g/mol. The Balaban J connectivity index is 5.30. The van der Waals surface area contributed by atoms with Gasteiger partial charge in [0.2, 0.25) is 23.6 Å². The number of amides is 4. The van der Waals surface area contributed by atoms with Crippen molar-refractivity contribution in [2.24, 2.45) is 17.2 Å². The van der Waals surface area contributed by atoms with E-state index in [0.29, 0.717) is 19.4 Å². The zero-order chi connectivity index (χ0) is 24.0. The van der Waals surface area contributed by atoms with E-state index in [0.717, 1.165) is 0 Å². The first kappa shape index (κ1) is 27.7. The summed E-state index contributed by atoms with van der Waals surface area (Å²) in [5.41, 5.74) is 15.9. The smallest absolute Gasteiger partial charge is 0.322 e. The van der Waals surface area contributed by atoms with Gasteiger partial charge in [-0.2, -0.15) is 0 Å². The summed E-state index contributed by atoms with van der Waals surface area (Å²) >= 11 is 0. The third kappa shape index (κ3) is 12.8. The number of nitrogens with one attached hydrogen (secondary N) is 3. The molecule has 0 aromatic rings. The lowest BCUT2D eigenvalue weighted by atomic mass is 10.1. The molecule has 0 rings (SSSR count). The van der Waals surface area contributed by atoms with Gasteiger partial charge in [0.15, 0.2) is 0 Å². The Morgan fingerprint density at radius 2 is 1.39 bits per heavy atom. The monoisotopic (exact) mass is 446 g/mol. The molecular weight excluding hydrogens is 416 g/mol. The third-order valence-electron chi connectivity index (χ3n) is 4.03. The maximum Gasteiger partial charge on any atom is 0.322 e. The van der Waals surface area contributed by atoms with E-state index >= 15 is 0 Å². The Morgan fingerprint density at radius 3 is 1.90 bits per heavy atom. The maximum atomic E-state index is 12.6. The minimum Gasteiger partial charge on any atom is -0.481 e. The number of aliphatic carboxylic acids is 2. The Hall–Kier alpha value is -3.26. The normalized spacial score (nSPS) is 13.4. The van der Waals surface area contributed by atoms with Gasteiger partial charge in [0, 0.05) is 6.42 Å². The number of rotatable bonds is 16. The van der Waals surface area contributed by atoms with Crippen molar-refractivity contribution in [2.45, 2.75) is 56.7 Å². The van der Waals surface area contributed by atoms with Crippen LogP contribution >= 0.6 is 0 Å². The Kier molecular flexibility index (Phi) is 13.1. The van der Waals surface area contributed by atoms with Crippen LogP contribution in [0.5, 0.6) is 0 Å². The molecule has 0 bridgehead atoms. The molecular formula is C17H30N6O8. The van der Waals surface area contributed by atoms with Crippen molar-refractivity contribution in [3.8, 4) is 0 Å². The maximum absolute atomic E-state index is 12.6. The summed E-state index contributed by atoms with van der Waals surface area (Å²) in [5.74, 6) is -5.89. The predicted octanol–water partition coefficient (Wildman–Crippen LogP) is -3.65. The van der Waals surface area contributed by atoms with Crippen LogP contribution in [0.1, 0.15) is 38.5 Å². The van der Waals surface area contributed by atoms with E-state index < -0.39 is 73.1 Å². The van der Waals surface area contributed by atoms with E-state index in [-0.39, 0.29) is 12.8 Å². The van der Waals surface area contributed by atoms with Crippen LogP contribution in [0.25, 0.3) is 0 Å². The average Bonchev–Trinajstić information content (AvgIpc) is 2.67. The first-order valence-electron chi connectivity index (χ1n) is 9.53. The first-order chi connectivity index (χ1) is 14.5. The van der Waals surface area contributed by atoms with E-state index in [1.165, 1.54) is 0 Å². The van der Waals surface area contributed by atoms with E-state index in [1.807, 2.05) is 0 Å². The van der Waals surface area contributed by atoms with Gasteiger partial charge in [-0.15, -0.1) is 0 Å². The molecule has 0 saturated heterocycles. The SMILES string of the molecule is NCCCCC(NC(=O)C(CCC(=O)O)NC(=O)C(N)CC(N)=O)C(=O)NCC(=O)O. The molecule has 4 amide bonds. The highest BCUT2D eigenvalue weighted by Crippen LogP contribution is 2.05. The highest BCUT2D eigenvalue weighted by molar-refractivity contribution is 5.94. The lowest BCUT2D eigenvalue weighted by Gasteiger charge is -2.23. The summed E-state index contributed by atoms with van der Waals surface area (Å²) in [6.45, 7) is -0.324. The van der Waals surface area contributed by atoms with Gasteiger partial charge >= 0.3 is 11.9 Å². The topological polar surface area (TPSA) is 257 Å². The summed E-state index contributed by atoms with van der Waals surface area (Å²) in [7, 11) is 0. The highest BCUT2D eigenvalue weighted by Gasteiger charge is 2.28. The Bertz CT molecular complexity index is 671. The van der Waals surface area contributed by atoms with Crippen molar-refractivity contribution in [3.05, 3.63) is 0 Å². The lowest BCUT2D eigenvalue weighted by molar-refractivity contribution is -0.138. The number of carbonyl (C=O) groups excluding carboxylic acids is 4. The fourth-order valence-corrected chi connectivity index (χ4v) is 2.44. The molecule has 176 valence electrons. The molecule has 0 saturated carbocycles. The fourth-order valence-electron chi connectivity index (χ4n) is 2.44. The molecule has 31 heavy (non-hydrogen) atoms. The molecule has 0 aliphatic rings. The molecule has 11 N–H and O–H groups in total. The third-order valence-corrected chi connectivity index (χ3v) is 4.03. The quantitative estimate of drug-likeness (QED) is 0.108. The largest absolute Gasteiger partial charge is 0.481 e. The van der Waals surface area contributed by atoms with Gasteiger partial charge in [-0.05, 0) is 32.2 Å². The van der Waals surface area contributed by atoms with Gasteiger partial charge in [0.1, 0.15) is 18.6 Å². The standard InChI is InChI=1S/C17H30N6O8/c18-6-2-1-3-10(16(30)21-8-14(27)28)23-17(31)11(4-5-13(25)26)22-15(29)9(19)7-12(20)24/h9-11H,1-8,18-19H2,(H2,20,24)(H,21,30)(H,22,29)(H,23,31)(H,25,26)(H,27,28). The minimum absolute atomic E-state index is 0.134. The molecule has 14 heteroatoms.